The van der Waals surface area contributed by atoms with Crippen molar-refractivity contribution in [2.45, 2.75) is 26.8 Å². The second-order valence-corrected chi connectivity index (χ2v) is 8.79. The molecule has 0 radical (unpaired) electrons. The zero-order valence-electron chi connectivity index (χ0n) is 19.6. The summed E-state index contributed by atoms with van der Waals surface area (Å²) in [5, 5.41) is 0. The Hall–Kier alpha value is -4.04. The van der Waals surface area contributed by atoms with Crippen LogP contribution in [0.3, 0.4) is 0 Å². The Labute approximate surface area is 206 Å². The highest BCUT2D eigenvalue weighted by atomic mass is 32.1. The van der Waals surface area contributed by atoms with Gasteiger partial charge in [-0.2, -0.15) is 0 Å². The van der Waals surface area contributed by atoms with E-state index in [0.29, 0.717) is 26.4 Å². The van der Waals surface area contributed by atoms with Gasteiger partial charge in [0.05, 0.1) is 28.5 Å². The van der Waals surface area contributed by atoms with Crippen LogP contribution in [0, 0.1) is 0 Å². The summed E-state index contributed by atoms with van der Waals surface area (Å²) < 4.78 is 12.4. The lowest BCUT2D eigenvalue weighted by molar-refractivity contribution is -0.139. The van der Waals surface area contributed by atoms with Gasteiger partial charge in [0.2, 0.25) is 0 Å². The highest BCUT2D eigenvalue weighted by molar-refractivity contribution is 7.07. The Balaban J connectivity index is 1.80. The molecule has 0 spiro atoms. The number of fused-ring (bicyclic) bond motifs is 1. The van der Waals surface area contributed by atoms with Gasteiger partial charge in [0.1, 0.15) is 5.75 Å². The number of hydrogen-bond donors (Lipinski definition) is 0. The first-order chi connectivity index (χ1) is 16.9. The van der Waals surface area contributed by atoms with Crippen molar-refractivity contribution in [2.75, 3.05) is 6.61 Å². The molecule has 3 aromatic rings. The van der Waals surface area contributed by atoms with Crippen LogP contribution < -0.4 is 19.6 Å². The van der Waals surface area contributed by atoms with Gasteiger partial charge in [-0.15, -0.1) is 0 Å². The molecule has 0 fully saturated rings. The molecule has 2 aromatic carbocycles. The summed E-state index contributed by atoms with van der Waals surface area (Å²) in [5.74, 6) is -0.467. The first kappa shape index (κ1) is 24.1. The van der Waals surface area contributed by atoms with Crippen molar-refractivity contribution < 1.29 is 19.1 Å². The Kier molecular flexibility index (Phi) is 7.22. The summed E-state index contributed by atoms with van der Waals surface area (Å²) in [6, 6.07) is 15.9. The monoisotopic (exact) mass is 488 g/mol. The molecule has 0 saturated carbocycles. The van der Waals surface area contributed by atoms with Gasteiger partial charge < -0.3 is 9.47 Å². The van der Waals surface area contributed by atoms with Crippen molar-refractivity contribution in [1.82, 2.24) is 4.57 Å². The largest absolute Gasteiger partial charge is 0.463 e. The summed E-state index contributed by atoms with van der Waals surface area (Å²) in [7, 11) is 0. The highest BCUT2D eigenvalue weighted by Gasteiger charge is 2.30. The van der Waals surface area contributed by atoms with E-state index in [9.17, 15) is 14.4 Å². The van der Waals surface area contributed by atoms with Crippen molar-refractivity contribution in [2.24, 2.45) is 4.99 Å². The molecule has 0 N–H and O–H groups in total. The van der Waals surface area contributed by atoms with Crippen molar-refractivity contribution in [3.05, 3.63) is 103 Å². The number of rotatable bonds is 6. The summed E-state index contributed by atoms with van der Waals surface area (Å²) in [6.07, 6.45) is 5.46. The van der Waals surface area contributed by atoms with E-state index in [0.717, 1.165) is 11.1 Å². The number of benzene rings is 2. The minimum Gasteiger partial charge on any atom is -0.463 e. The Morgan fingerprint density at radius 2 is 1.80 bits per heavy atom. The molecular formula is C27H24N2O5S. The molecule has 1 aliphatic heterocycles. The van der Waals surface area contributed by atoms with E-state index >= 15 is 0 Å². The van der Waals surface area contributed by atoms with E-state index < -0.39 is 18.0 Å². The molecule has 1 atom stereocenters. The fraction of sp³-hybridized carbons (Fsp3) is 0.185. The number of allylic oxidation sites excluding steroid dienone is 2. The first-order valence-corrected chi connectivity index (χ1v) is 11.9. The number of carbonyl (C=O) groups is 2. The van der Waals surface area contributed by atoms with Gasteiger partial charge in [-0.05, 0) is 43.2 Å². The van der Waals surface area contributed by atoms with E-state index in [1.165, 1.54) is 22.8 Å². The number of thiazole rings is 1. The Bertz CT molecular complexity index is 1500. The standard InChI is InChI=1S/C27H24N2O5S/c1-4-33-26(32)24-17(2)28-27-29(22(24)15-12-19-8-6-5-7-9-19)25(31)23(35-27)16-20-10-13-21(14-11-20)34-18(3)30/h5-16,22H,4H2,1-3H3/b15-12+,23-16?. The maximum absolute atomic E-state index is 13.5. The molecule has 7 nitrogen and oxygen atoms in total. The quantitative estimate of drug-likeness (QED) is 0.392. The van der Waals surface area contributed by atoms with Crippen LogP contribution in [-0.2, 0) is 14.3 Å². The Morgan fingerprint density at radius 1 is 1.09 bits per heavy atom. The molecular weight excluding hydrogens is 464 g/mol. The van der Waals surface area contributed by atoms with Gasteiger partial charge >= 0.3 is 11.9 Å². The molecule has 178 valence electrons. The predicted octanol–water partition coefficient (Wildman–Crippen LogP) is 3.39. The molecule has 0 amide bonds. The zero-order chi connectivity index (χ0) is 24.9. The highest BCUT2D eigenvalue weighted by Crippen LogP contribution is 2.26. The number of nitrogens with zero attached hydrogens (tertiary/aromatic N) is 2. The van der Waals surface area contributed by atoms with Crippen LogP contribution in [0.4, 0.5) is 0 Å². The number of carbonyl (C=O) groups excluding carboxylic acids is 2. The van der Waals surface area contributed by atoms with Crippen LogP contribution >= 0.6 is 11.3 Å². The first-order valence-electron chi connectivity index (χ1n) is 11.1. The maximum Gasteiger partial charge on any atom is 0.338 e. The minimum absolute atomic E-state index is 0.221. The van der Waals surface area contributed by atoms with E-state index in [1.54, 1.807) is 44.2 Å². The van der Waals surface area contributed by atoms with Gasteiger partial charge in [0, 0.05) is 6.92 Å². The summed E-state index contributed by atoms with van der Waals surface area (Å²) >= 11 is 1.25. The lowest BCUT2D eigenvalue weighted by Crippen LogP contribution is -2.38. The fourth-order valence-corrected chi connectivity index (χ4v) is 4.79. The third-order valence-corrected chi connectivity index (χ3v) is 6.25. The maximum atomic E-state index is 13.5. The normalized spacial score (nSPS) is 15.6. The van der Waals surface area contributed by atoms with Gasteiger partial charge in [0.25, 0.3) is 5.56 Å². The molecule has 1 aromatic heterocycles. The molecule has 2 heterocycles. The van der Waals surface area contributed by atoms with E-state index in [1.807, 2.05) is 42.5 Å². The number of hydrogen-bond acceptors (Lipinski definition) is 7. The lowest BCUT2D eigenvalue weighted by Gasteiger charge is -2.21. The lowest BCUT2D eigenvalue weighted by atomic mass is 10.0. The average Bonchev–Trinajstić information content (AvgIpc) is 3.13. The summed E-state index contributed by atoms with van der Waals surface area (Å²) in [4.78, 5) is 42.5. The number of esters is 2. The smallest absolute Gasteiger partial charge is 0.338 e. The number of ether oxygens (including phenoxy) is 2. The second-order valence-electron chi connectivity index (χ2n) is 7.78. The van der Waals surface area contributed by atoms with Crippen LogP contribution in [0.2, 0.25) is 0 Å². The molecule has 8 heteroatoms. The third-order valence-electron chi connectivity index (χ3n) is 5.27. The van der Waals surface area contributed by atoms with Crippen LogP contribution in [0.1, 0.15) is 37.9 Å². The van der Waals surface area contributed by atoms with E-state index in [2.05, 4.69) is 4.99 Å². The molecule has 0 saturated heterocycles. The van der Waals surface area contributed by atoms with Crippen molar-refractivity contribution >= 4 is 35.4 Å². The zero-order valence-corrected chi connectivity index (χ0v) is 20.4. The van der Waals surface area contributed by atoms with Gasteiger partial charge in [-0.3, -0.25) is 14.2 Å². The molecule has 35 heavy (non-hydrogen) atoms. The van der Waals surface area contributed by atoms with Crippen LogP contribution in [0.5, 0.6) is 5.75 Å². The molecule has 0 bridgehead atoms. The predicted molar refractivity (Wildman–Crippen MR) is 135 cm³/mol. The second kappa shape index (κ2) is 10.5. The van der Waals surface area contributed by atoms with Crippen molar-refractivity contribution in [3.8, 4) is 5.75 Å². The van der Waals surface area contributed by atoms with Crippen molar-refractivity contribution in [1.29, 1.82) is 0 Å². The average molecular weight is 489 g/mol. The SMILES string of the molecule is CCOC(=O)C1=C(C)N=c2sc(=Cc3ccc(OC(C)=O)cc3)c(=O)n2C1/C=C/c1ccccc1. The van der Waals surface area contributed by atoms with E-state index in [-0.39, 0.29) is 12.2 Å². The van der Waals surface area contributed by atoms with Gasteiger partial charge in [-0.25, -0.2) is 9.79 Å². The molecule has 1 unspecified atom stereocenters. The van der Waals surface area contributed by atoms with E-state index in [4.69, 9.17) is 9.47 Å². The summed E-state index contributed by atoms with van der Waals surface area (Å²) in [5.41, 5.74) is 2.31. The Morgan fingerprint density at radius 3 is 2.46 bits per heavy atom. The van der Waals surface area contributed by atoms with Crippen LogP contribution in [0.25, 0.3) is 12.2 Å². The molecule has 0 aliphatic carbocycles. The molecule has 4 rings (SSSR count). The van der Waals surface area contributed by atoms with Gasteiger partial charge in [-0.1, -0.05) is 66.0 Å². The molecule has 1 aliphatic rings. The van der Waals surface area contributed by atoms with Crippen LogP contribution in [-0.4, -0.2) is 23.1 Å². The minimum atomic E-state index is -0.654. The topological polar surface area (TPSA) is 87.0 Å². The van der Waals surface area contributed by atoms with Crippen LogP contribution in [0.15, 0.2) is 81.7 Å². The fourth-order valence-electron chi connectivity index (χ4n) is 3.73. The third kappa shape index (κ3) is 5.38. The van der Waals surface area contributed by atoms with Gasteiger partial charge in [0.15, 0.2) is 4.80 Å². The van der Waals surface area contributed by atoms with Crippen molar-refractivity contribution in [3.63, 3.8) is 0 Å². The summed E-state index contributed by atoms with van der Waals surface area (Å²) in [6.45, 7) is 5.05. The number of aromatic nitrogens is 1.